The minimum absolute atomic E-state index is 0.0197. The van der Waals surface area contributed by atoms with Crippen LogP contribution in [-0.4, -0.2) is 21.1 Å². The second-order valence-corrected chi connectivity index (χ2v) is 3.09. The molecule has 2 N–H and O–H groups in total. The number of hydrogen-bond acceptors (Lipinski definition) is 4. The van der Waals surface area contributed by atoms with Gasteiger partial charge in [0, 0.05) is 0 Å². The number of carbonyl (C=O) groups excluding carboxylic acids is 1. The first-order valence-electron chi connectivity index (χ1n) is 4.57. The molecule has 0 unspecified atom stereocenters. The molecule has 1 amide bonds. The number of aromatic amines is 1. The summed E-state index contributed by atoms with van der Waals surface area (Å²) < 4.78 is 13.4. The topological polar surface area (TPSA) is 94.5 Å². The van der Waals surface area contributed by atoms with E-state index in [1.54, 1.807) is 6.07 Å². The SMILES string of the molecule is N#Cc1ccc(NC(=O)c2ncn[nH]2)c(F)c1. The van der Waals surface area contributed by atoms with Gasteiger partial charge in [-0.1, -0.05) is 0 Å². The van der Waals surface area contributed by atoms with Crippen molar-refractivity contribution in [2.75, 3.05) is 5.32 Å². The van der Waals surface area contributed by atoms with Crippen LogP contribution >= 0.6 is 0 Å². The molecule has 0 bridgehead atoms. The third kappa shape index (κ3) is 2.26. The molecule has 0 spiro atoms. The second-order valence-electron chi connectivity index (χ2n) is 3.09. The van der Waals surface area contributed by atoms with Crippen LogP contribution in [0.1, 0.15) is 16.2 Å². The summed E-state index contributed by atoms with van der Waals surface area (Å²) in [6.07, 6.45) is 1.17. The molecule has 0 aliphatic carbocycles. The third-order valence-corrected chi connectivity index (χ3v) is 1.98. The number of nitrogens with one attached hydrogen (secondary N) is 2. The zero-order chi connectivity index (χ0) is 12.3. The van der Waals surface area contributed by atoms with Gasteiger partial charge >= 0.3 is 0 Å². The summed E-state index contributed by atoms with van der Waals surface area (Å²) in [5.74, 6) is -1.31. The molecular formula is C10H6FN5O. The average molecular weight is 231 g/mol. The largest absolute Gasteiger partial charge is 0.317 e. The Labute approximate surface area is 95.1 Å². The van der Waals surface area contributed by atoms with Gasteiger partial charge in [-0.3, -0.25) is 9.89 Å². The lowest BCUT2D eigenvalue weighted by atomic mass is 10.2. The molecule has 0 radical (unpaired) electrons. The Morgan fingerprint density at radius 1 is 1.53 bits per heavy atom. The summed E-state index contributed by atoms with van der Waals surface area (Å²) in [6.45, 7) is 0. The predicted molar refractivity (Wildman–Crippen MR) is 55.5 cm³/mol. The normalized spacial score (nSPS) is 9.65. The first kappa shape index (κ1) is 10.8. The highest BCUT2D eigenvalue weighted by Crippen LogP contribution is 2.15. The van der Waals surface area contributed by atoms with E-state index in [1.807, 2.05) is 0 Å². The Kier molecular flexibility index (Phi) is 2.79. The van der Waals surface area contributed by atoms with E-state index in [0.717, 1.165) is 6.07 Å². The molecule has 1 aromatic heterocycles. The molecule has 2 aromatic rings. The van der Waals surface area contributed by atoms with E-state index < -0.39 is 11.7 Å². The van der Waals surface area contributed by atoms with E-state index in [0.29, 0.717) is 0 Å². The van der Waals surface area contributed by atoms with Crippen LogP contribution in [-0.2, 0) is 0 Å². The molecule has 1 aromatic carbocycles. The molecule has 0 atom stereocenters. The maximum atomic E-state index is 13.4. The van der Waals surface area contributed by atoms with Crippen molar-refractivity contribution in [3.05, 3.63) is 41.7 Å². The summed E-state index contributed by atoms with van der Waals surface area (Å²) in [5.41, 5.74) is 0.158. The van der Waals surface area contributed by atoms with Crippen LogP contribution in [0.15, 0.2) is 24.5 Å². The number of benzene rings is 1. The number of rotatable bonds is 2. The minimum Gasteiger partial charge on any atom is -0.317 e. The summed E-state index contributed by atoms with van der Waals surface area (Å²) in [4.78, 5) is 15.1. The van der Waals surface area contributed by atoms with Crippen molar-refractivity contribution < 1.29 is 9.18 Å². The molecule has 0 saturated carbocycles. The smallest absolute Gasteiger partial charge is 0.293 e. The standard InChI is InChI=1S/C10H6FN5O/c11-7-3-6(4-12)1-2-8(7)15-10(17)9-13-5-14-16-9/h1-3,5H,(H,15,17)(H,13,14,16). The molecule has 17 heavy (non-hydrogen) atoms. The highest BCUT2D eigenvalue weighted by molar-refractivity contribution is 6.01. The van der Waals surface area contributed by atoms with E-state index in [1.165, 1.54) is 18.5 Å². The predicted octanol–water partition coefficient (Wildman–Crippen LogP) is 1.07. The quantitative estimate of drug-likeness (QED) is 0.808. The fourth-order valence-corrected chi connectivity index (χ4v) is 1.18. The molecule has 7 heteroatoms. The number of hydrogen-bond donors (Lipinski definition) is 2. The van der Waals surface area contributed by atoms with E-state index in [2.05, 4.69) is 20.5 Å². The van der Waals surface area contributed by atoms with E-state index >= 15 is 0 Å². The maximum Gasteiger partial charge on any atom is 0.293 e. The molecule has 0 saturated heterocycles. The minimum atomic E-state index is -0.683. The highest BCUT2D eigenvalue weighted by Gasteiger charge is 2.11. The van der Waals surface area contributed by atoms with Crippen LogP contribution in [0.25, 0.3) is 0 Å². The average Bonchev–Trinajstić information content (AvgIpc) is 2.85. The Morgan fingerprint density at radius 3 is 2.94 bits per heavy atom. The Balaban J connectivity index is 2.20. The van der Waals surface area contributed by atoms with Crippen LogP contribution in [0.4, 0.5) is 10.1 Å². The summed E-state index contributed by atoms with van der Waals surface area (Å²) >= 11 is 0. The number of anilines is 1. The van der Waals surface area contributed by atoms with Crippen molar-refractivity contribution in [2.24, 2.45) is 0 Å². The zero-order valence-electron chi connectivity index (χ0n) is 8.44. The highest BCUT2D eigenvalue weighted by atomic mass is 19.1. The summed E-state index contributed by atoms with van der Waals surface area (Å²) in [5, 5.41) is 16.7. The first-order chi connectivity index (χ1) is 8.20. The van der Waals surface area contributed by atoms with Gasteiger partial charge in [0.15, 0.2) is 0 Å². The van der Waals surface area contributed by atoms with Gasteiger partial charge < -0.3 is 5.32 Å². The van der Waals surface area contributed by atoms with Crippen molar-refractivity contribution >= 4 is 11.6 Å². The lowest BCUT2D eigenvalue weighted by Crippen LogP contribution is -2.14. The number of aromatic nitrogens is 3. The summed E-state index contributed by atoms with van der Waals surface area (Å²) in [6, 6.07) is 5.54. The molecule has 0 aliphatic heterocycles. The molecular weight excluding hydrogens is 225 g/mol. The van der Waals surface area contributed by atoms with Crippen LogP contribution in [0.3, 0.4) is 0 Å². The molecule has 1 heterocycles. The lowest BCUT2D eigenvalue weighted by molar-refractivity contribution is 0.101. The van der Waals surface area contributed by atoms with Crippen molar-refractivity contribution in [2.45, 2.75) is 0 Å². The van der Waals surface area contributed by atoms with E-state index in [4.69, 9.17) is 5.26 Å². The zero-order valence-corrected chi connectivity index (χ0v) is 8.44. The van der Waals surface area contributed by atoms with Crippen molar-refractivity contribution in [3.63, 3.8) is 0 Å². The van der Waals surface area contributed by atoms with Gasteiger partial charge in [-0.15, -0.1) is 0 Å². The number of nitriles is 1. The van der Waals surface area contributed by atoms with Crippen LogP contribution < -0.4 is 5.32 Å². The lowest BCUT2D eigenvalue weighted by Gasteiger charge is -2.04. The molecule has 2 rings (SSSR count). The Bertz CT molecular complexity index is 587. The van der Waals surface area contributed by atoms with Gasteiger partial charge in [-0.05, 0) is 18.2 Å². The van der Waals surface area contributed by atoms with Crippen molar-refractivity contribution in [1.29, 1.82) is 5.26 Å². The number of H-pyrrole nitrogens is 1. The van der Waals surface area contributed by atoms with Crippen LogP contribution in [0.5, 0.6) is 0 Å². The van der Waals surface area contributed by atoms with Crippen LogP contribution in [0, 0.1) is 17.1 Å². The number of amides is 1. The van der Waals surface area contributed by atoms with Crippen LogP contribution in [0.2, 0.25) is 0 Å². The fraction of sp³-hybridized carbons (Fsp3) is 0. The van der Waals surface area contributed by atoms with Gasteiger partial charge in [0.25, 0.3) is 5.91 Å². The van der Waals surface area contributed by atoms with E-state index in [9.17, 15) is 9.18 Å². The molecule has 84 valence electrons. The van der Waals surface area contributed by atoms with Gasteiger partial charge in [0.1, 0.15) is 12.1 Å². The molecule has 6 nitrogen and oxygen atoms in total. The van der Waals surface area contributed by atoms with E-state index in [-0.39, 0.29) is 17.1 Å². The van der Waals surface area contributed by atoms with Crippen molar-refractivity contribution in [3.8, 4) is 6.07 Å². The second kappa shape index (κ2) is 4.40. The van der Waals surface area contributed by atoms with Gasteiger partial charge in [-0.25, -0.2) is 9.37 Å². The molecule has 0 fully saturated rings. The monoisotopic (exact) mass is 231 g/mol. The number of halogens is 1. The Hall–Kier alpha value is -2.75. The van der Waals surface area contributed by atoms with Gasteiger partial charge in [0.2, 0.25) is 5.82 Å². The molecule has 0 aliphatic rings. The fourth-order valence-electron chi connectivity index (χ4n) is 1.18. The van der Waals surface area contributed by atoms with Gasteiger partial charge in [-0.2, -0.15) is 10.4 Å². The summed E-state index contributed by atoms with van der Waals surface area (Å²) in [7, 11) is 0. The third-order valence-electron chi connectivity index (χ3n) is 1.98. The first-order valence-corrected chi connectivity index (χ1v) is 4.57. The Morgan fingerprint density at radius 2 is 2.35 bits per heavy atom. The number of nitrogens with zero attached hydrogens (tertiary/aromatic N) is 3. The number of carbonyl (C=O) groups is 1. The van der Waals surface area contributed by atoms with Gasteiger partial charge in [0.05, 0.1) is 17.3 Å². The van der Waals surface area contributed by atoms with Crippen molar-refractivity contribution in [1.82, 2.24) is 15.2 Å². The maximum absolute atomic E-state index is 13.4.